The molecule has 0 unspecified atom stereocenters. The van der Waals surface area contributed by atoms with Crippen molar-refractivity contribution in [2.45, 2.75) is 25.4 Å². The van der Waals surface area contributed by atoms with Crippen molar-refractivity contribution in [2.24, 2.45) is 5.92 Å². The molecule has 1 amide bonds. The van der Waals surface area contributed by atoms with Gasteiger partial charge in [0.1, 0.15) is 0 Å². The summed E-state index contributed by atoms with van der Waals surface area (Å²) in [5.74, 6) is 0.524. The molecular formula is C18H22N2O4. The number of carbonyl (C=O) groups is 1. The fraction of sp³-hybridized carbons (Fsp3) is 0.444. The second-order valence-corrected chi connectivity index (χ2v) is 6.00. The maximum Gasteiger partial charge on any atom is 0.273 e. The first-order valence-electron chi connectivity index (χ1n) is 8.30. The quantitative estimate of drug-likeness (QED) is 0.848. The molecule has 0 radical (unpaired) electrons. The Morgan fingerprint density at radius 3 is 2.79 bits per heavy atom. The number of benzene rings is 1. The van der Waals surface area contributed by atoms with Crippen LogP contribution in [0, 0.1) is 5.92 Å². The van der Waals surface area contributed by atoms with Gasteiger partial charge in [-0.3, -0.25) is 4.79 Å². The molecule has 3 rings (SSSR count). The van der Waals surface area contributed by atoms with Gasteiger partial charge in [-0.1, -0.05) is 35.5 Å². The molecule has 1 aliphatic rings. The predicted molar refractivity (Wildman–Crippen MR) is 88.4 cm³/mol. The molecule has 6 heteroatoms. The zero-order valence-electron chi connectivity index (χ0n) is 13.5. The van der Waals surface area contributed by atoms with Crippen LogP contribution < -0.4 is 5.32 Å². The number of rotatable bonds is 6. The number of aliphatic hydroxyl groups excluding tert-OH is 1. The van der Waals surface area contributed by atoms with Crippen LogP contribution in [0.25, 0.3) is 11.3 Å². The highest BCUT2D eigenvalue weighted by Crippen LogP contribution is 2.21. The minimum atomic E-state index is -0.411. The molecule has 1 saturated heterocycles. The average molecular weight is 330 g/mol. The number of hydrogen-bond donors (Lipinski definition) is 2. The van der Waals surface area contributed by atoms with Gasteiger partial charge in [0.25, 0.3) is 5.91 Å². The summed E-state index contributed by atoms with van der Waals surface area (Å²) in [5, 5.41) is 16.8. The third-order valence-corrected chi connectivity index (χ3v) is 4.34. The molecule has 0 spiro atoms. The van der Waals surface area contributed by atoms with Crippen LogP contribution in [0.1, 0.15) is 29.8 Å². The summed E-state index contributed by atoms with van der Waals surface area (Å²) in [5.41, 5.74) is 1.12. The molecule has 128 valence electrons. The molecule has 1 aromatic carbocycles. The van der Waals surface area contributed by atoms with Gasteiger partial charge >= 0.3 is 0 Å². The highest BCUT2D eigenvalue weighted by Gasteiger charge is 2.22. The van der Waals surface area contributed by atoms with Gasteiger partial charge in [0.05, 0.1) is 6.10 Å². The van der Waals surface area contributed by atoms with Gasteiger partial charge in [0, 0.05) is 31.4 Å². The van der Waals surface area contributed by atoms with Crippen LogP contribution in [0.4, 0.5) is 0 Å². The van der Waals surface area contributed by atoms with Gasteiger partial charge in [-0.25, -0.2) is 0 Å². The number of nitrogens with one attached hydrogen (secondary N) is 1. The van der Waals surface area contributed by atoms with E-state index in [2.05, 4.69) is 10.5 Å². The Hall–Kier alpha value is -2.18. The highest BCUT2D eigenvalue weighted by molar-refractivity contribution is 5.93. The zero-order chi connectivity index (χ0) is 16.8. The van der Waals surface area contributed by atoms with E-state index >= 15 is 0 Å². The molecule has 1 atom stereocenters. The lowest BCUT2D eigenvalue weighted by molar-refractivity contribution is 0.00527. The summed E-state index contributed by atoms with van der Waals surface area (Å²) in [6.45, 7) is 1.81. The van der Waals surface area contributed by atoms with Crippen molar-refractivity contribution in [3.63, 3.8) is 0 Å². The molecule has 0 aliphatic carbocycles. The van der Waals surface area contributed by atoms with Gasteiger partial charge in [-0.15, -0.1) is 0 Å². The van der Waals surface area contributed by atoms with Gasteiger partial charge in [0.2, 0.25) is 0 Å². The van der Waals surface area contributed by atoms with Crippen molar-refractivity contribution >= 4 is 5.91 Å². The van der Waals surface area contributed by atoms with Crippen LogP contribution >= 0.6 is 0 Å². The first-order valence-corrected chi connectivity index (χ1v) is 8.30. The number of aliphatic hydroxyl groups is 1. The third kappa shape index (κ3) is 4.21. The van der Waals surface area contributed by atoms with Crippen LogP contribution in [0.5, 0.6) is 0 Å². The lowest BCUT2D eigenvalue weighted by atomic mass is 9.92. The molecule has 24 heavy (non-hydrogen) atoms. The van der Waals surface area contributed by atoms with E-state index in [1.54, 1.807) is 6.07 Å². The number of nitrogens with zero attached hydrogens (tertiary/aromatic N) is 1. The number of aromatic nitrogens is 1. The number of ether oxygens (including phenoxy) is 1. The van der Waals surface area contributed by atoms with E-state index in [0.29, 0.717) is 31.9 Å². The highest BCUT2D eigenvalue weighted by atomic mass is 16.5. The second-order valence-electron chi connectivity index (χ2n) is 6.00. The summed E-state index contributed by atoms with van der Waals surface area (Å²) < 4.78 is 10.5. The normalized spacial score (nSPS) is 16.7. The van der Waals surface area contributed by atoms with Crippen LogP contribution in [-0.2, 0) is 4.74 Å². The minimum absolute atomic E-state index is 0.245. The first kappa shape index (κ1) is 16.7. The fourth-order valence-electron chi connectivity index (χ4n) is 2.88. The Kier molecular flexibility index (Phi) is 5.61. The maximum absolute atomic E-state index is 12.1. The van der Waals surface area contributed by atoms with Gasteiger partial charge in [-0.05, 0) is 25.2 Å². The van der Waals surface area contributed by atoms with Crippen molar-refractivity contribution in [2.75, 3.05) is 19.8 Å². The second kappa shape index (κ2) is 8.08. The fourth-order valence-corrected chi connectivity index (χ4v) is 2.88. The molecular weight excluding hydrogens is 308 g/mol. The molecule has 0 bridgehead atoms. The summed E-state index contributed by atoms with van der Waals surface area (Å²) >= 11 is 0. The van der Waals surface area contributed by atoms with Crippen LogP contribution in [-0.4, -0.2) is 42.0 Å². The zero-order valence-corrected chi connectivity index (χ0v) is 13.5. The van der Waals surface area contributed by atoms with E-state index in [9.17, 15) is 9.90 Å². The maximum atomic E-state index is 12.1. The lowest BCUT2D eigenvalue weighted by Gasteiger charge is -2.26. The standard InChI is InChI=1S/C18H22N2O4/c21-16(13-7-10-23-11-8-13)6-9-19-18(22)15-12-17(24-20-15)14-4-2-1-3-5-14/h1-5,12-13,16,21H,6-11H2,(H,19,22)/t16-/m1/s1. The van der Waals surface area contributed by atoms with E-state index in [-0.39, 0.29) is 17.5 Å². The van der Waals surface area contributed by atoms with Crippen molar-refractivity contribution in [1.82, 2.24) is 10.5 Å². The van der Waals surface area contributed by atoms with E-state index in [0.717, 1.165) is 18.4 Å². The summed E-state index contributed by atoms with van der Waals surface area (Å²) in [7, 11) is 0. The molecule has 0 saturated carbocycles. The molecule has 2 N–H and O–H groups in total. The van der Waals surface area contributed by atoms with Crippen molar-refractivity contribution in [1.29, 1.82) is 0 Å². The topological polar surface area (TPSA) is 84.6 Å². The Morgan fingerprint density at radius 1 is 1.29 bits per heavy atom. The molecule has 1 fully saturated rings. The van der Waals surface area contributed by atoms with Crippen molar-refractivity contribution in [3.8, 4) is 11.3 Å². The first-order chi connectivity index (χ1) is 11.7. The van der Waals surface area contributed by atoms with E-state index < -0.39 is 6.10 Å². The molecule has 2 aromatic rings. The third-order valence-electron chi connectivity index (χ3n) is 4.34. The Bertz CT molecular complexity index is 650. The lowest BCUT2D eigenvalue weighted by Crippen LogP contribution is -2.32. The predicted octanol–water partition coefficient (Wildman–Crippen LogP) is 2.25. The average Bonchev–Trinajstić information content (AvgIpc) is 3.13. The van der Waals surface area contributed by atoms with Crippen molar-refractivity contribution in [3.05, 3.63) is 42.1 Å². The summed E-state index contributed by atoms with van der Waals surface area (Å²) in [4.78, 5) is 12.1. The van der Waals surface area contributed by atoms with Gasteiger partial charge in [0.15, 0.2) is 11.5 Å². The molecule has 1 aromatic heterocycles. The Morgan fingerprint density at radius 2 is 2.04 bits per heavy atom. The van der Waals surface area contributed by atoms with Crippen molar-refractivity contribution < 1.29 is 19.2 Å². The summed E-state index contributed by atoms with van der Waals surface area (Å²) in [6.07, 6.45) is 1.86. The Balaban J connectivity index is 1.48. The molecule has 2 heterocycles. The van der Waals surface area contributed by atoms with Crippen LogP contribution in [0.15, 0.2) is 40.9 Å². The number of hydrogen-bond acceptors (Lipinski definition) is 5. The van der Waals surface area contributed by atoms with Crippen LogP contribution in [0.2, 0.25) is 0 Å². The number of amides is 1. The summed E-state index contributed by atoms with van der Waals surface area (Å²) in [6, 6.07) is 11.1. The monoisotopic (exact) mass is 330 g/mol. The minimum Gasteiger partial charge on any atom is -0.393 e. The van der Waals surface area contributed by atoms with Crippen LogP contribution in [0.3, 0.4) is 0 Å². The SMILES string of the molecule is O=C(NCC[C@@H](O)C1CCOCC1)c1cc(-c2ccccc2)on1. The van der Waals surface area contributed by atoms with E-state index in [1.165, 1.54) is 0 Å². The van der Waals surface area contributed by atoms with Gasteiger partial charge in [-0.2, -0.15) is 0 Å². The number of carbonyl (C=O) groups excluding carboxylic acids is 1. The largest absolute Gasteiger partial charge is 0.393 e. The molecule has 6 nitrogen and oxygen atoms in total. The van der Waals surface area contributed by atoms with Gasteiger partial charge < -0.3 is 19.7 Å². The van der Waals surface area contributed by atoms with E-state index in [1.807, 2.05) is 30.3 Å². The van der Waals surface area contributed by atoms with E-state index in [4.69, 9.17) is 9.26 Å². The smallest absolute Gasteiger partial charge is 0.273 e. The Labute approximate surface area is 140 Å². The molecule has 1 aliphatic heterocycles.